The Bertz CT molecular complexity index is 737. The number of nitrogens with zero attached hydrogens (tertiary/aromatic N) is 1. The van der Waals surface area contributed by atoms with Gasteiger partial charge in [-0.3, -0.25) is 4.79 Å². The van der Waals surface area contributed by atoms with Crippen molar-refractivity contribution >= 4 is 45.5 Å². The predicted molar refractivity (Wildman–Crippen MR) is 90.0 cm³/mol. The molecule has 0 spiro atoms. The zero-order chi connectivity index (χ0) is 14.3. The van der Waals surface area contributed by atoms with Crippen LogP contribution < -0.4 is 10.6 Å². The molecule has 1 heterocycles. The number of rotatable bonds is 1. The Labute approximate surface area is 131 Å². The van der Waals surface area contributed by atoms with Gasteiger partial charge in [-0.25, -0.2) is 0 Å². The van der Waals surface area contributed by atoms with E-state index in [1.54, 1.807) is 11.9 Å². The summed E-state index contributed by atoms with van der Waals surface area (Å²) < 4.78 is 1.09. The Morgan fingerprint density at radius 3 is 2.65 bits per heavy atom. The molecule has 1 aliphatic rings. The Hall–Kier alpha value is -1.82. The van der Waals surface area contributed by atoms with Crippen molar-refractivity contribution in [3.63, 3.8) is 0 Å². The second-order valence-electron chi connectivity index (χ2n) is 4.68. The molecule has 0 radical (unpaired) electrons. The van der Waals surface area contributed by atoms with E-state index in [0.717, 1.165) is 20.4 Å². The molecular formula is C16H13IN2O. The van der Waals surface area contributed by atoms with Gasteiger partial charge in [0.2, 0.25) is 0 Å². The van der Waals surface area contributed by atoms with Crippen molar-refractivity contribution in [3.05, 3.63) is 63.2 Å². The minimum atomic E-state index is -0.0532. The summed E-state index contributed by atoms with van der Waals surface area (Å²) in [5.41, 5.74) is 10.1. The van der Waals surface area contributed by atoms with Crippen LogP contribution in [0.5, 0.6) is 0 Å². The number of hydrogen-bond acceptors (Lipinski definition) is 2. The van der Waals surface area contributed by atoms with Crippen LogP contribution in [0.4, 0.5) is 5.69 Å². The normalized spacial score (nSPS) is 16.3. The van der Waals surface area contributed by atoms with Crippen LogP contribution in [0.2, 0.25) is 0 Å². The molecule has 3 nitrogen and oxygen atoms in total. The van der Waals surface area contributed by atoms with Gasteiger partial charge in [0, 0.05) is 16.2 Å². The van der Waals surface area contributed by atoms with E-state index in [0.29, 0.717) is 11.3 Å². The monoisotopic (exact) mass is 376 g/mol. The van der Waals surface area contributed by atoms with E-state index in [1.807, 2.05) is 48.5 Å². The molecule has 0 fully saturated rings. The van der Waals surface area contributed by atoms with Gasteiger partial charge < -0.3 is 10.6 Å². The van der Waals surface area contributed by atoms with Crippen molar-refractivity contribution in [2.24, 2.45) is 5.73 Å². The van der Waals surface area contributed by atoms with Crippen LogP contribution >= 0.6 is 22.6 Å². The summed E-state index contributed by atoms with van der Waals surface area (Å²) in [6.07, 6.45) is 0. The molecule has 4 heteroatoms. The molecule has 0 aliphatic carbocycles. The number of hydrogen-bond donors (Lipinski definition) is 1. The van der Waals surface area contributed by atoms with E-state index in [1.165, 1.54) is 0 Å². The summed E-state index contributed by atoms with van der Waals surface area (Å²) in [5.74, 6) is -0.0532. The lowest BCUT2D eigenvalue weighted by Crippen LogP contribution is -2.21. The first-order valence-corrected chi connectivity index (χ1v) is 7.30. The average Bonchev–Trinajstić information content (AvgIpc) is 2.71. The van der Waals surface area contributed by atoms with E-state index in [4.69, 9.17) is 5.73 Å². The third-order valence-corrected chi connectivity index (χ3v) is 4.13. The second-order valence-corrected chi connectivity index (χ2v) is 5.93. The summed E-state index contributed by atoms with van der Waals surface area (Å²) in [4.78, 5) is 14.1. The average molecular weight is 376 g/mol. The maximum Gasteiger partial charge on any atom is 0.260 e. The lowest BCUT2D eigenvalue weighted by Gasteiger charge is -2.09. The molecule has 2 aromatic rings. The number of carbonyl (C=O) groups is 1. The highest BCUT2D eigenvalue weighted by atomic mass is 127. The minimum absolute atomic E-state index is 0.0532. The fourth-order valence-corrected chi connectivity index (χ4v) is 2.97. The number of benzene rings is 2. The highest BCUT2D eigenvalue weighted by Crippen LogP contribution is 2.38. The second kappa shape index (κ2) is 4.94. The van der Waals surface area contributed by atoms with Crippen LogP contribution in [0.25, 0.3) is 11.3 Å². The van der Waals surface area contributed by atoms with Crippen LogP contribution in [0.15, 0.2) is 48.5 Å². The molecule has 1 aliphatic heterocycles. The predicted octanol–water partition coefficient (Wildman–Crippen LogP) is 3.09. The van der Waals surface area contributed by atoms with Crippen LogP contribution in [0.1, 0.15) is 11.1 Å². The number of carbonyl (C=O) groups excluding carboxylic acids is 1. The number of likely N-dealkylation sites (N-methyl/N-ethyl adjacent to an activating group) is 1. The SMILES string of the molecule is CN1C(=O)/C(=C(/N)c2cccc(I)c2)c2ccccc21. The summed E-state index contributed by atoms with van der Waals surface area (Å²) in [5, 5.41) is 0. The first kappa shape index (κ1) is 13.2. The van der Waals surface area contributed by atoms with Crippen LogP contribution in [-0.4, -0.2) is 13.0 Å². The lowest BCUT2D eigenvalue weighted by molar-refractivity contribution is -0.112. The largest absolute Gasteiger partial charge is 0.398 e. The van der Waals surface area contributed by atoms with Gasteiger partial charge in [-0.2, -0.15) is 0 Å². The van der Waals surface area contributed by atoms with Gasteiger partial charge in [-0.1, -0.05) is 30.3 Å². The summed E-state index contributed by atoms with van der Waals surface area (Å²) >= 11 is 2.24. The Morgan fingerprint density at radius 1 is 1.15 bits per heavy atom. The first-order chi connectivity index (χ1) is 9.59. The smallest absolute Gasteiger partial charge is 0.260 e. The Morgan fingerprint density at radius 2 is 1.90 bits per heavy atom. The van der Waals surface area contributed by atoms with E-state index >= 15 is 0 Å². The van der Waals surface area contributed by atoms with Gasteiger partial charge in [0.05, 0.1) is 17.0 Å². The van der Waals surface area contributed by atoms with Gasteiger partial charge in [-0.05, 0) is 46.4 Å². The molecule has 100 valence electrons. The highest BCUT2D eigenvalue weighted by molar-refractivity contribution is 14.1. The summed E-state index contributed by atoms with van der Waals surface area (Å²) in [7, 11) is 1.77. The van der Waals surface area contributed by atoms with Gasteiger partial charge in [-0.15, -0.1) is 0 Å². The van der Waals surface area contributed by atoms with Crippen molar-refractivity contribution < 1.29 is 4.79 Å². The number of halogens is 1. The fraction of sp³-hybridized carbons (Fsp3) is 0.0625. The Balaban J connectivity index is 2.23. The third kappa shape index (κ3) is 2.00. The maximum atomic E-state index is 12.4. The maximum absolute atomic E-state index is 12.4. The van der Waals surface area contributed by atoms with Crippen LogP contribution in [0, 0.1) is 3.57 Å². The molecule has 1 amide bonds. The van der Waals surface area contributed by atoms with Gasteiger partial charge in [0.25, 0.3) is 5.91 Å². The lowest BCUT2D eigenvalue weighted by atomic mass is 10.0. The van der Waals surface area contributed by atoms with Crippen molar-refractivity contribution in [3.8, 4) is 0 Å². The minimum Gasteiger partial charge on any atom is -0.398 e. The standard InChI is InChI=1S/C16H13IN2O/c1-19-13-8-3-2-7-12(13)14(16(19)20)15(18)10-5-4-6-11(17)9-10/h2-9H,18H2,1H3/b15-14+. The molecule has 0 atom stereocenters. The van der Waals surface area contributed by atoms with Crippen LogP contribution in [0.3, 0.4) is 0 Å². The number of amides is 1. The fourth-order valence-electron chi connectivity index (χ4n) is 2.43. The molecule has 3 rings (SSSR count). The van der Waals surface area contributed by atoms with Gasteiger partial charge >= 0.3 is 0 Å². The molecule has 0 saturated heterocycles. The molecule has 0 bridgehead atoms. The number of nitrogens with two attached hydrogens (primary N) is 1. The van der Waals surface area contributed by atoms with E-state index in [2.05, 4.69) is 22.6 Å². The van der Waals surface area contributed by atoms with Gasteiger partial charge in [0.15, 0.2) is 0 Å². The zero-order valence-corrected chi connectivity index (χ0v) is 13.1. The first-order valence-electron chi connectivity index (χ1n) is 6.22. The highest BCUT2D eigenvalue weighted by Gasteiger charge is 2.31. The number of para-hydroxylation sites is 1. The topological polar surface area (TPSA) is 46.3 Å². The molecule has 20 heavy (non-hydrogen) atoms. The number of anilines is 1. The van der Waals surface area contributed by atoms with Crippen molar-refractivity contribution in [1.29, 1.82) is 0 Å². The molecule has 2 N–H and O–H groups in total. The molecule has 0 aromatic heterocycles. The zero-order valence-electron chi connectivity index (χ0n) is 10.9. The quantitative estimate of drug-likeness (QED) is 0.614. The summed E-state index contributed by atoms with van der Waals surface area (Å²) in [6, 6.07) is 15.6. The van der Waals surface area contributed by atoms with Crippen LogP contribution in [-0.2, 0) is 4.79 Å². The van der Waals surface area contributed by atoms with Crippen molar-refractivity contribution in [2.75, 3.05) is 11.9 Å². The van der Waals surface area contributed by atoms with Crippen molar-refractivity contribution in [2.45, 2.75) is 0 Å². The van der Waals surface area contributed by atoms with Gasteiger partial charge in [0.1, 0.15) is 0 Å². The number of fused-ring (bicyclic) bond motifs is 1. The molecule has 0 unspecified atom stereocenters. The Kier molecular flexibility index (Phi) is 3.25. The van der Waals surface area contributed by atoms with E-state index in [9.17, 15) is 4.79 Å². The molecule has 2 aromatic carbocycles. The van der Waals surface area contributed by atoms with E-state index < -0.39 is 0 Å². The summed E-state index contributed by atoms with van der Waals surface area (Å²) in [6.45, 7) is 0. The third-order valence-electron chi connectivity index (χ3n) is 3.46. The van der Waals surface area contributed by atoms with E-state index in [-0.39, 0.29) is 5.91 Å². The molecule has 0 saturated carbocycles. The van der Waals surface area contributed by atoms with Crippen molar-refractivity contribution in [1.82, 2.24) is 0 Å². The molecular weight excluding hydrogens is 363 g/mol.